The van der Waals surface area contributed by atoms with Crippen LogP contribution < -0.4 is 4.74 Å². The van der Waals surface area contributed by atoms with Gasteiger partial charge in [-0.05, 0) is 36.8 Å². The number of benzene rings is 3. The number of rotatable bonds is 6. The van der Waals surface area contributed by atoms with Crippen molar-refractivity contribution in [1.29, 1.82) is 21.0 Å². The first-order valence-corrected chi connectivity index (χ1v) is 13.1. The van der Waals surface area contributed by atoms with Gasteiger partial charge in [0, 0.05) is 12.0 Å². The topological polar surface area (TPSA) is 159 Å². The molecular formula is C31H19N4O4S+. The SMILES string of the molecule is CC1CC=CC=C1[S+](c1ccccc1)c1cccc(OC(=O)c2c(C#N)c(C#N)c(C#N)c(C#N)c2C(=O)O)c1. The molecule has 0 aromatic heterocycles. The fourth-order valence-corrected chi connectivity index (χ4v) is 6.81. The van der Waals surface area contributed by atoms with Crippen molar-refractivity contribution < 1.29 is 19.4 Å². The average molecular weight is 544 g/mol. The number of nitriles is 4. The predicted molar refractivity (Wildman–Crippen MR) is 145 cm³/mol. The number of carbonyl (C=O) groups is 2. The summed E-state index contributed by atoms with van der Waals surface area (Å²) in [6.45, 7) is 2.14. The van der Waals surface area contributed by atoms with Gasteiger partial charge < -0.3 is 9.84 Å². The predicted octanol–water partition coefficient (Wildman–Crippen LogP) is 5.61. The highest BCUT2D eigenvalue weighted by Gasteiger charge is 2.36. The van der Waals surface area contributed by atoms with E-state index >= 15 is 0 Å². The van der Waals surface area contributed by atoms with E-state index in [1.807, 2.05) is 42.5 Å². The van der Waals surface area contributed by atoms with Crippen LogP contribution in [0, 0.1) is 51.2 Å². The van der Waals surface area contributed by atoms with Crippen molar-refractivity contribution in [1.82, 2.24) is 0 Å². The molecule has 9 heteroatoms. The smallest absolute Gasteiger partial charge is 0.345 e. The maximum absolute atomic E-state index is 13.4. The quantitative estimate of drug-likeness (QED) is 0.239. The number of hydrogen-bond donors (Lipinski definition) is 1. The molecule has 8 nitrogen and oxygen atoms in total. The Labute approximate surface area is 233 Å². The molecule has 0 bridgehead atoms. The lowest BCUT2D eigenvalue weighted by Crippen LogP contribution is -2.20. The van der Waals surface area contributed by atoms with Gasteiger partial charge in [0.2, 0.25) is 0 Å². The summed E-state index contributed by atoms with van der Waals surface area (Å²) in [6.07, 6.45) is 7.09. The van der Waals surface area contributed by atoms with Crippen LogP contribution in [-0.2, 0) is 10.9 Å². The fourth-order valence-electron chi connectivity index (χ4n) is 4.40. The van der Waals surface area contributed by atoms with Crippen molar-refractivity contribution in [2.75, 3.05) is 0 Å². The van der Waals surface area contributed by atoms with Gasteiger partial charge in [0.05, 0.1) is 44.3 Å². The third-order valence-electron chi connectivity index (χ3n) is 6.20. The molecule has 3 aromatic carbocycles. The monoisotopic (exact) mass is 543 g/mol. The van der Waals surface area contributed by atoms with E-state index in [0.717, 1.165) is 16.2 Å². The van der Waals surface area contributed by atoms with Crippen molar-refractivity contribution in [3.63, 3.8) is 0 Å². The first-order chi connectivity index (χ1) is 19.4. The zero-order valence-corrected chi connectivity index (χ0v) is 21.9. The molecule has 0 radical (unpaired) electrons. The van der Waals surface area contributed by atoms with E-state index in [4.69, 9.17) is 4.74 Å². The summed E-state index contributed by atoms with van der Waals surface area (Å²) in [5.41, 5.74) is -4.12. The Balaban J connectivity index is 1.84. The van der Waals surface area contributed by atoms with E-state index < -0.39 is 56.2 Å². The molecule has 3 aromatic rings. The standard InChI is InChI=1S/C31H18N4O4S/c1-19-8-5-6-13-27(19)40(21-10-3-2-4-11-21)22-12-7-9-20(14-22)39-31(38)29-26(18-35)24(16-33)23(15-32)25(17-34)28(29)30(36)37/h2-7,9-14,19H,8H2,1H3/p+1. The lowest BCUT2D eigenvalue weighted by Gasteiger charge is -2.18. The van der Waals surface area contributed by atoms with Gasteiger partial charge in [0.1, 0.15) is 34.9 Å². The molecule has 0 saturated heterocycles. The van der Waals surface area contributed by atoms with Crippen molar-refractivity contribution >= 4 is 22.8 Å². The molecule has 0 spiro atoms. The zero-order chi connectivity index (χ0) is 28.8. The summed E-state index contributed by atoms with van der Waals surface area (Å²) < 4.78 is 5.56. The number of hydrogen-bond acceptors (Lipinski definition) is 7. The third-order valence-corrected chi connectivity index (χ3v) is 8.68. The van der Waals surface area contributed by atoms with Crippen molar-refractivity contribution in [3.05, 3.63) is 111 Å². The van der Waals surface area contributed by atoms with Crippen molar-refractivity contribution in [3.8, 4) is 30.0 Å². The fraction of sp³-hybridized carbons (Fsp3) is 0.0968. The minimum Gasteiger partial charge on any atom is -0.478 e. The zero-order valence-electron chi connectivity index (χ0n) is 21.1. The molecule has 4 rings (SSSR count). The van der Waals surface area contributed by atoms with Crippen molar-refractivity contribution in [2.24, 2.45) is 5.92 Å². The number of carbonyl (C=O) groups excluding carboxylic acids is 1. The molecule has 0 amide bonds. The Kier molecular flexibility index (Phi) is 8.12. The maximum atomic E-state index is 13.4. The molecule has 40 heavy (non-hydrogen) atoms. The third kappa shape index (κ3) is 5.06. The van der Waals surface area contributed by atoms with Gasteiger partial charge >= 0.3 is 11.9 Å². The van der Waals surface area contributed by atoms with Gasteiger partial charge in [0.25, 0.3) is 0 Å². The van der Waals surface area contributed by atoms with Crippen LogP contribution in [0.5, 0.6) is 5.75 Å². The van der Waals surface area contributed by atoms with E-state index in [1.54, 1.807) is 36.4 Å². The number of allylic oxidation sites excluding steroid dienone is 4. The van der Waals surface area contributed by atoms with Gasteiger partial charge in [-0.3, -0.25) is 0 Å². The van der Waals surface area contributed by atoms with Crippen molar-refractivity contribution in [2.45, 2.75) is 23.1 Å². The first-order valence-electron chi connectivity index (χ1n) is 11.9. The Bertz CT molecular complexity index is 1770. The van der Waals surface area contributed by atoms with E-state index in [0.29, 0.717) is 0 Å². The van der Waals surface area contributed by atoms with E-state index in [1.165, 1.54) is 11.0 Å². The Morgan fingerprint density at radius 3 is 2.02 bits per heavy atom. The lowest BCUT2D eigenvalue weighted by atomic mass is 9.88. The molecule has 0 aliphatic heterocycles. The second-order valence-corrected chi connectivity index (χ2v) is 10.6. The summed E-state index contributed by atoms with van der Waals surface area (Å²) in [4.78, 5) is 28.6. The number of esters is 1. The Hall–Kier alpha value is -5.61. The maximum Gasteiger partial charge on any atom is 0.345 e. The minimum absolute atomic E-state index is 0.0807. The van der Waals surface area contributed by atoms with Gasteiger partial charge in [-0.1, -0.05) is 43.3 Å². The Morgan fingerprint density at radius 2 is 1.45 bits per heavy atom. The van der Waals surface area contributed by atoms with Crippen LogP contribution in [0.25, 0.3) is 0 Å². The summed E-state index contributed by atoms with van der Waals surface area (Å²) >= 11 is 0. The highest BCUT2D eigenvalue weighted by molar-refractivity contribution is 8.00. The van der Waals surface area contributed by atoms with Gasteiger partial charge in [-0.25, -0.2) is 9.59 Å². The molecule has 0 heterocycles. The van der Waals surface area contributed by atoms with Crippen LogP contribution in [0.15, 0.2) is 87.5 Å². The molecule has 2 atom stereocenters. The van der Waals surface area contributed by atoms with Crippen LogP contribution in [-0.4, -0.2) is 17.0 Å². The van der Waals surface area contributed by atoms with Crippen LogP contribution >= 0.6 is 0 Å². The summed E-state index contributed by atoms with van der Waals surface area (Å²) in [5, 5.41) is 48.2. The average Bonchev–Trinajstić information content (AvgIpc) is 2.97. The molecular weight excluding hydrogens is 524 g/mol. The molecule has 2 unspecified atom stereocenters. The normalized spacial score (nSPS) is 14.4. The number of carboxylic acid groups (broad SMARTS) is 1. The molecule has 1 aliphatic carbocycles. The molecule has 192 valence electrons. The minimum atomic E-state index is -1.72. The summed E-state index contributed by atoms with van der Waals surface area (Å²) in [7, 11) is -0.520. The highest BCUT2D eigenvalue weighted by atomic mass is 32.2. The van der Waals surface area contributed by atoms with Crippen LogP contribution in [0.1, 0.15) is 56.3 Å². The van der Waals surface area contributed by atoms with Gasteiger partial charge in [-0.2, -0.15) is 21.0 Å². The summed E-state index contributed by atoms with van der Waals surface area (Å²) in [6, 6.07) is 23.1. The summed E-state index contributed by atoms with van der Waals surface area (Å²) in [5.74, 6) is -2.61. The Morgan fingerprint density at radius 1 is 0.850 bits per heavy atom. The molecule has 0 saturated carbocycles. The highest BCUT2D eigenvalue weighted by Crippen LogP contribution is 2.38. The van der Waals surface area contributed by atoms with E-state index in [9.17, 15) is 35.7 Å². The van der Waals surface area contributed by atoms with Crippen LogP contribution in [0.2, 0.25) is 0 Å². The van der Waals surface area contributed by atoms with Gasteiger partial charge in [0.15, 0.2) is 9.79 Å². The van der Waals surface area contributed by atoms with E-state index in [-0.39, 0.29) is 11.7 Å². The first kappa shape index (κ1) is 27.4. The molecule has 1 N–H and O–H groups in total. The lowest BCUT2D eigenvalue weighted by molar-refractivity contribution is 0.0667. The van der Waals surface area contributed by atoms with Gasteiger partial charge in [-0.15, -0.1) is 0 Å². The number of ether oxygens (including phenoxy) is 1. The second kappa shape index (κ2) is 11.8. The largest absolute Gasteiger partial charge is 0.478 e. The number of nitrogens with zero attached hydrogens (tertiary/aromatic N) is 4. The van der Waals surface area contributed by atoms with E-state index in [2.05, 4.69) is 19.1 Å². The van der Waals surface area contributed by atoms with Crippen LogP contribution in [0.4, 0.5) is 0 Å². The molecule has 0 fully saturated rings. The number of aromatic carboxylic acids is 1. The van der Waals surface area contributed by atoms with Crippen LogP contribution in [0.3, 0.4) is 0 Å². The number of carboxylic acids is 1. The molecule has 1 aliphatic rings. The second-order valence-electron chi connectivity index (χ2n) is 8.62.